The molecular weight excluding hydrogens is 264 g/mol. The molecule has 0 aliphatic heterocycles. The van der Waals surface area contributed by atoms with Crippen molar-refractivity contribution in [2.24, 2.45) is 0 Å². The summed E-state index contributed by atoms with van der Waals surface area (Å²) < 4.78 is 6.63. The lowest BCUT2D eigenvalue weighted by Gasteiger charge is -2.07. The lowest BCUT2D eigenvalue weighted by molar-refractivity contribution is -0.144. The van der Waals surface area contributed by atoms with Crippen LogP contribution in [0, 0.1) is 0 Å². The Labute approximate surface area is 126 Å². The molecule has 1 heterocycles. The van der Waals surface area contributed by atoms with Crippen LogP contribution >= 0.6 is 0 Å². The van der Waals surface area contributed by atoms with E-state index in [1.165, 1.54) is 0 Å². The quantitative estimate of drug-likeness (QED) is 0.568. The van der Waals surface area contributed by atoms with Gasteiger partial charge in [0, 0.05) is 0 Å². The first-order valence-corrected chi connectivity index (χ1v) is 6.88. The van der Waals surface area contributed by atoms with Crippen LogP contribution in [0.15, 0.2) is 43.5 Å². The predicted octanol–water partition coefficient (Wildman–Crippen LogP) is 3.62. The van der Waals surface area contributed by atoms with Gasteiger partial charge in [-0.15, -0.1) is 0 Å². The standard InChI is InChI=1S/C17H22N2O2/c1-6-9-14(10-7-2)16-11-15(13(4)5)18-19(16)12-17(20)21-8-3/h6-7,9-11H,1,4,8,12H2,2-3,5H3/b10-7-,14-9+. The molecule has 0 saturated heterocycles. The van der Waals surface area contributed by atoms with E-state index in [0.29, 0.717) is 6.61 Å². The smallest absolute Gasteiger partial charge is 0.327 e. The highest BCUT2D eigenvalue weighted by atomic mass is 16.5. The van der Waals surface area contributed by atoms with Gasteiger partial charge >= 0.3 is 5.97 Å². The number of aromatic nitrogens is 2. The molecule has 0 aliphatic rings. The maximum atomic E-state index is 11.7. The Morgan fingerprint density at radius 1 is 1.52 bits per heavy atom. The van der Waals surface area contributed by atoms with Crippen molar-refractivity contribution in [3.8, 4) is 0 Å². The zero-order valence-corrected chi connectivity index (χ0v) is 12.9. The van der Waals surface area contributed by atoms with E-state index in [9.17, 15) is 4.79 Å². The Morgan fingerprint density at radius 2 is 2.24 bits per heavy atom. The van der Waals surface area contributed by atoms with Crippen molar-refractivity contribution >= 4 is 17.1 Å². The molecule has 0 aliphatic carbocycles. The normalized spacial score (nSPS) is 11.7. The molecule has 0 radical (unpaired) electrons. The van der Waals surface area contributed by atoms with Crippen molar-refractivity contribution in [3.05, 3.63) is 54.9 Å². The average Bonchev–Trinajstić information content (AvgIpc) is 2.82. The van der Waals surface area contributed by atoms with Crippen molar-refractivity contribution in [2.45, 2.75) is 27.3 Å². The van der Waals surface area contributed by atoms with Crippen molar-refractivity contribution in [2.75, 3.05) is 6.61 Å². The Hall–Kier alpha value is -2.36. The van der Waals surface area contributed by atoms with Crippen LogP contribution in [0.3, 0.4) is 0 Å². The van der Waals surface area contributed by atoms with E-state index in [1.807, 2.05) is 38.1 Å². The number of esters is 1. The molecule has 4 nitrogen and oxygen atoms in total. The van der Waals surface area contributed by atoms with Gasteiger partial charge in [-0.3, -0.25) is 9.48 Å². The molecule has 0 saturated carbocycles. The maximum absolute atomic E-state index is 11.7. The summed E-state index contributed by atoms with van der Waals surface area (Å²) in [4.78, 5) is 11.7. The Balaban J connectivity index is 3.27. The number of rotatable bonds is 7. The molecule has 0 bridgehead atoms. The minimum absolute atomic E-state index is 0.0719. The first kappa shape index (κ1) is 16.7. The first-order chi connectivity index (χ1) is 10.0. The zero-order valence-electron chi connectivity index (χ0n) is 12.9. The first-order valence-electron chi connectivity index (χ1n) is 6.88. The summed E-state index contributed by atoms with van der Waals surface area (Å²) in [7, 11) is 0. The van der Waals surface area contributed by atoms with Crippen molar-refractivity contribution in [3.63, 3.8) is 0 Å². The van der Waals surface area contributed by atoms with Gasteiger partial charge < -0.3 is 4.74 Å². The fourth-order valence-electron chi connectivity index (χ4n) is 1.84. The number of allylic oxidation sites excluding steroid dienone is 6. The summed E-state index contributed by atoms with van der Waals surface area (Å²) in [6.45, 7) is 13.6. The van der Waals surface area contributed by atoms with Gasteiger partial charge in [0.05, 0.1) is 18.0 Å². The molecule has 4 heteroatoms. The molecule has 0 fully saturated rings. The molecule has 0 N–H and O–H groups in total. The SMILES string of the molecule is C=C/C=C(\C=C/C)c1cc(C(=C)C)nn1CC(=O)OCC. The molecule has 0 spiro atoms. The van der Waals surface area contributed by atoms with Crippen LogP contribution in [0.25, 0.3) is 11.1 Å². The fraction of sp³-hybridized carbons (Fsp3) is 0.294. The van der Waals surface area contributed by atoms with E-state index in [1.54, 1.807) is 17.7 Å². The van der Waals surface area contributed by atoms with Gasteiger partial charge in [-0.05, 0) is 38.0 Å². The van der Waals surface area contributed by atoms with E-state index in [-0.39, 0.29) is 12.5 Å². The second-order valence-electron chi connectivity index (χ2n) is 4.52. The summed E-state index contributed by atoms with van der Waals surface area (Å²) in [5, 5.41) is 4.42. The minimum atomic E-state index is -0.312. The number of hydrogen-bond donors (Lipinski definition) is 0. The third-order valence-electron chi connectivity index (χ3n) is 2.74. The van der Waals surface area contributed by atoms with Crippen LogP contribution in [0.1, 0.15) is 32.2 Å². The van der Waals surface area contributed by atoms with Crippen LogP contribution in [0.2, 0.25) is 0 Å². The summed E-state index contributed by atoms with van der Waals surface area (Å²) in [6.07, 6.45) is 7.46. The molecule has 1 rings (SSSR count). The van der Waals surface area contributed by atoms with E-state index in [4.69, 9.17) is 4.74 Å². The van der Waals surface area contributed by atoms with Crippen LogP contribution in [-0.4, -0.2) is 22.4 Å². The van der Waals surface area contributed by atoms with Gasteiger partial charge in [0.1, 0.15) is 6.54 Å². The van der Waals surface area contributed by atoms with Crippen LogP contribution in [0.4, 0.5) is 0 Å². The van der Waals surface area contributed by atoms with Gasteiger partial charge in [0.15, 0.2) is 0 Å². The van der Waals surface area contributed by atoms with Crippen LogP contribution in [0.5, 0.6) is 0 Å². The second-order valence-corrected chi connectivity index (χ2v) is 4.52. The third-order valence-corrected chi connectivity index (χ3v) is 2.74. The van der Waals surface area contributed by atoms with Gasteiger partial charge in [-0.2, -0.15) is 5.10 Å². The number of nitrogens with zero attached hydrogens (tertiary/aromatic N) is 2. The lowest BCUT2D eigenvalue weighted by Crippen LogP contribution is -2.16. The molecule has 1 aromatic rings. The number of carbonyl (C=O) groups excluding carboxylic acids is 1. The van der Waals surface area contributed by atoms with Crippen LogP contribution < -0.4 is 0 Å². The lowest BCUT2D eigenvalue weighted by atomic mass is 10.1. The molecular formula is C17H22N2O2. The summed E-state index contributed by atoms with van der Waals surface area (Å²) in [5.41, 5.74) is 3.36. The van der Waals surface area contributed by atoms with E-state index in [2.05, 4.69) is 18.3 Å². The Kier molecular flexibility index (Phi) is 6.40. The third kappa shape index (κ3) is 4.60. The molecule has 0 aromatic carbocycles. The monoisotopic (exact) mass is 286 g/mol. The van der Waals surface area contributed by atoms with Gasteiger partial charge in [-0.25, -0.2) is 0 Å². The van der Waals surface area contributed by atoms with Crippen molar-refractivity contribution in [1.82, 2.24) is 9.78 Å². The van der Waals surface area contributed by atoms with E-state index < -0.39 is 0 Å². The van der Waals surface area contributed by atoms with Crippen LogP contribution in [-0.2, 0) is 16.1 Å². The predicted molar refractivity (Wildman–Crippen MR) is 86.6 cm³/mol. The maximum Gasteiger partial charge on any atom is 0.327 e. The van der Waals surface area contributed by atoms with Crippen molar-refractivity contribution < 1.29 is 9.53 Å². The van der Waals surface area contributed by atoms with E-state index in [0.717, 1.165) is 22.5 Å². The number of hydrogen-bond acceptors (Lipinski definition) is 3. The number of carbonyl (C=O) groups is 1. The van der Waals surface area contributed by atoms with Crippen molar-refractivity contribution in [1.29, 1.82) is 0 Å². The molecule has 21 heavy (non-hydrogen) atoms. The van der Waals surface area contributed by atoms with Gasteiger partial charge in [0.25, 0.3) is 0 Å². The molecule has 1 aromatic heterocycles. The topological polar surface area (TPSA) is 44.1 Å². The van der Waals surface area contributed by atoms with Gasteiger partial charge in [-0.1, -0.05) is 37.5 Å². The summed E-state index contributed by atoms with van der Waals surface area (Å²) >= 11 is 0. The summed E-state index contributed by atoms with van der Waals surface area (Å²) in [5.74, 6) is -0.312. The Morgan fingerprint density at radius 3 is 2.76 bits per heavy atom. The highest BCUT2D eigenvalue weighted by molar-refractivity contribution is 5.77. The fourth-order valence-corrected chi connectivity index (χ4v) is 1.84. The minimum Gasteiger partial charge on any atom is -0.465 e. The average molecular weight is 286 g/mol. The number of ether oxygens (including phenoxy) is 1. The molecule has 0 amide bonds. The molecule has 0 unspecified atom stereocenters. The second kappa shape index (κ2) is 8.04. The zero-order chi connectivity index (χ0) is 15.8. The van der Waals surface area contributed by atoms with Gasteiger partial charge in [0.2, 0.25) is 0 Å². The largest absolute Gasteiger partial charge is 0.465 e. The molecule has 112 valence electrons. The highest BCUT2D eigenvalue weighted by Crippen LogP contribution is 2.21. The molecule has 0 atom stereocenters. The summed E-state index contributed by atoms with van der Waals surface area (Å²) in [6, 6.07) is 1.91. The Bertz CT molecular complexity index is 592. The highest BCUT2D eigenvalue weighted by Gasteiger charge is 2.14. The van der Waals surface area contributed by atoms with E-state index >= 15 is 0 Å².